The van der Waals surface area contributed by atoms with Crippen LogP contribution in [0.5, 0.6) is 23.0 Å². The minimum atomic E-state index is -0.809. The number of thiazole rings is 1. The van der Waals surface area contributed by atoms with Gasteiger partial charge >= 0.3 is 5.97 Å². The van der Waals surface area contributed by atoms with Crippen molar-refractivity contribution >= 4 is 29.3 Å². The molecule has 0 bridgehead atoms. The molecule has 5 rings (SSSR count). The summed E-state index contributed by atoms with van der Waals surface area (Å²) < 4.78 is 34.8. The zero-order valence-electron chi connectivity index (χ0n) is 25.8. The van der Waals surface area contributed by atoms with Crippen molar-refractivity contribution in [3.8, 4) is 23.0 Å². The molecular formula is C32H35N3O9S. The third kappa shape index (κ3) is 6.59. The Morgan fingerprint density at radius 3 is 2.38 bits per heavy atom. The number of allylic oxidation sites excluding steroid dienone is 1. The lowest BCUT2D eigenvalue weighted by Gasteiger charge is -2.26. The highest BCUT2D eigenvalue weighted by atomic mass is 32.1. The molecule has 0 spiro atoms. The molecule has 1 saturated heterocycles. The Balaban J connectivity index is 1.52. The number of aromatic nitrogens is 1. The van der Waals surface area contributed by atoms with E-state index in [9.17, 15) is 14.4 Å². The van der Waals surface area contributed by atoms with Crippen LogP contribution in [0.2, 0.25) is 0 Å². The Labute approximate surface area is 263 Å². The summed E-state index contributed by atoms with van der Waals surface area (Å²) in [5.74, 6) is 1.10. The first-order valence-electron chi connectivity index (χ1n) is 14.4. The van der Waals surface area contributed by atoms with Crippen molar-refractivity contribution in [2.75, 3.05) is 60.8 Å². The number of morpholine rings is 1. The monoisotopic (exact) mass is 637 g/mol. The standard InChI is InChI=1S/C32H35N3O9S/c1-6-43-31(38)28-19(2)33-32-35(29(28)21-8-10-22(39-3)25(17-21)41-5)30(37)26(45-32)16-20-7-9-23(24(15-20)40-4)44-18-27(36)34-11-13-42-14-12-34/h7-10,15-17,29H,6,11-14,18H2,1-5H3/b26-16+/t29-/m1/s1. The second-order valence-electron chi connectivity index (χ2n) is 10.1. The summed E-state index contributed by atoms with van der Waals surface area (Å²) in [6.45, 7) is 5.56. The molecule has 1 aromatic heterocycles. The molecule has 45 heavy (non-hydrogen) atoms. The average molecular weight is 638 g/mol. The quantitative estimate of drug-likeness (QED) is 0.307. The summed E-state index contributed by atoms with van der Waals surface area (Å²) in [6.07, 6.45) is 1.73. The van der Waals surface area contributed by atoms with E-state index in [0.29, 0.717) is 75.5 Å². The van der Waals surface area contributed by atoms with Gasteiger partial charge in [-0.05, 0) is 55.3 Å². The number of amides is 1. The minimum absolute atomic E-state index is 0.132. The molecule has 1 fully saturated rings. The SMILES string of the molecule is CCOC(=O)C1=C(C)N=c2s/c(=C/c3ccc(OCC(=O)N4CCOCC4)c(OC)c3)c(=O)n2[C@@H]1c1ccc(OC)c(OC)c1. The highest BCUT2D eigenvalue weighted by Gasteiger charge is 2.34. The van der Waals surface area contributed by atoms with Crippen LogP contribution in [0.25, 0.3) is 6.08 Å². The van der Waals surface area contributed by atoms with E-state index in [2.05, 4.69) is 4.99 Å². The van der Waals surface area contributed by atoms with Crippen LogP contribution in [0.4, 0.5) is 0 Å². The fourth-order valence-electron chi connectivity index (χ4n) is 5.22. The van der Waals surface area contributed by atoms with Gasteiger partial charge in [0.15, 0.2) is 34.4 Å². The molecule has 238 valence electrons. The Bertz CT molecular complexity index is 1800. The van der Waals surface area contributed by atoms with Gasteiger partial charge < -0.3 is 33.3 Å². The maximum absolute atomic E-state index is 14.0. The molecule has 1 atom stereocenters. The summed E-state index contributed by atoms with van der Waals surface area (Å²) in [7, 11) is 4.56. The van der Waals surface area contributed by atoms with Gasteiger partial charge in [-0.15, -0.1) is 0 Å². The predicted molar refractivity (Wildman–Crippen MR) is 166 cm³/mol. The maximum atomic E-state index is 14.0. The molecule has 0 saturated carbocycles. The number of carbonyl (C=O) groups excluding carboxylic acids is 2. The van der Waals surface area contributed by atoms with Crippen molar-refractivity contribution in [3.63, 3.8) is 0 Å². The van der Waals surface area contributed by atoms with E-state index in [0.717, 1.165) is 0 Å². The largest absolute Gasteiger partial charge is 0.493 e. The van der Waals surface area contributed by atoms with Gasteiger partial charge in [-0.2, -0.15) is 0 Å². The fraction of sp³-hybridized carbons (Fsp3) is 0.375. The van der Waals surface area contributed by atoms with E-state index in [1.165, 1.54) is 37.2 Å². The van der Waals surface area contributed by atoms with E-state index in [4.69, 9.17) is 28.4 Å². The van der Waals surface area contributed by atoms with Crippen molar-refractivity contribution in [1.82, 2.24) is 9.47 Å². The fourth-order valence-corrected chi connectivity index (χ4v) is 6.26. The van der Waals surface area contributed by atoms with Gasteiger partial charge in [-0.1, -0.05) is 23.5 Å². The molecular weight excluding hydrogens is 602 g/mol. The Morgan fingerprint density at radius 1 is 1.00 bits per heavy atom. The molecule has 2 aliphatic heterocycles. The smallest absolute Gasteiger partial charge is 0.338 e. The first kappa shape index (κ1) is 31.8. The lowest BCUT2D eigenvalue weighted by atomic mass is 9.95. The number of esters is 1. The topological polar surface area (TPSA) is 127 Å². The number of benzene rings is 2. The lowest BCUT2D eigenvalue weighted by Crippen LogP contribution is -2.43. The van der Waals surface area contributed by atoms with Gasteiger partial charge in [-0.25, -0.2) is 9.79 Å². The lowest BCUT2D eigenvalue weighted by molar-refractivity contribution is -0.139. The normalized spacial score (nSPS) is 16.5. The van der Waals surface area contributed by atoms with Crippen LogP contribution in [-0.4, -0.2) is 82.2 Å². The third-order valence-electron chi connectivity index (χ3n) is 7.44. The zero-order chi connectivity index (χ0) is 32.1. The van der Waals surface area contributed by atoms with Crippen molar-refractivity contribution in [2.24, 2.45) is 4.99 Å². The number of hydrogen-bond donors (Lipinski definition) is 0. The first-order chi connectivity index (χ1) is 21.8. The predicted octanol–water partition coefficient (Wildman–Crippen LogP) is 2.06. The summed E-state index contributed by atoms with van der Waals surface area (Å²) >= 11 is 1.20. The van der Waals surface area contributed by atoms with Crippen molar-refractivity contribution < 1.29 is 38.0 Å². The van der Waals surface area contributed by atoms with Crippen molar-refractivity contribution in [3.05, 3.63) is 78.5 Å². The minimum Gasteiger partial charge on any atom is -0.493 e. The zero-order valence-corrected chi connectivity index (χ0v) is 26.6. The Kier molecular flexibility index (Phi) is 9.89. The van der Waals surface area contributed by atoms with Crippen LogP contribution >= 0.6 is 11.3 Å². The number of hydrogen-bond acceptors (Lipinski definition) is 11. The van der Waals surface area contributed by atoms with Crippen LogP contribution in [-0.2, 0) is 19.1 Å². The van der Waals surface area contributed by atoms with E-state index in [-0.39, 0.29) is 30.3 Å². The number of carbonyl (C=O) groups is 2. The van der Waals surface area contributed by atoms with Gasteiger partial charge in [0, 0.05) is 13.1 Å². The number of ether oxygens (including phenoxy) is 6. The molecule has 1 amide bonds. The van der Waals surface area contributed by atoms with Crippen LogP contribution < -0.4 is 33.8 Å². The summed E-state index contributed by atoms with van der Waals surface area (Å²) in [5.41, 5.74) is 1.69. The van der Waals surface area contributed by atoms with Crippen LogP contribution in [0.15, 0.2) is 57.5 Å². The van der Waals surface area contributed by atoms with E-state index < -0.39 is 12.0 Å². The second kappa shape index (κ2) is 14.0. The molecule has 3 heterocycles. The van der Waals surface area contributed by atoms with Gasteiger partial charge in [0.1, 0.15) is 0 Å². The van der Waals surface area contributed by atoms with E-state index in [1.807, 2.05) is 0 Å². The van der Waals surface area contributed by atoms with Crippen LogP contribution in [0, 0.1) is 0 Å². The molecule has 2 aliphatic rings. The van der Waals surface area contributed by atoms with Crippen LogP contribution in [0.1, 0.15) is 31.0 Å². The molecule has 0 radical (unpaired) electrons. The first-order valence-corrected chi connectivity index (χ1v) is 15.2. The number of fused-ring (bicyclic) bond motifs is 1. The Morgan fingerprint density at radius 2 is 1.69 bits per heavy atom. The maximum Gasteiger partial charge on any atom is 0.338 e. The molecule has 2 aromatic carbocycles. The summed E-state index contributed by atoms with van der Waals surface area (Å²) in [4.78, 5) is 46.5. The molecule has 3 aromatic rings. The molecule has 0 aliphatic carbocycles. The van der Waals surface area contributed by atoms with Gasteiger partial charge in [0.2, 0.25) is 0 Å². The number of methoxy groups -OCH3 is 3. The van der Waals surface area contributed by atoms with E-state index >= 15 is 0 Å². The van der Waals surface area contributed by atoms with Crippen molar-refractivity contribution in [1.29, 1.82) is 0 Å². The Hall–Kier alpha value is -4.62. The van der Waals surface area contributed by atoms with Crippen LogP contribution in [0.3, 0.4) is 0 Å². The molecule has 0 unspecified atom stereocenters. The van der Waals surface area contributed by atoms with Gasteiger partial charge in [-0.3, -0.25) is 14.2 Å². The molecule has 12 nitrogen and oxygen atoms in total. The number of nitrogens with zero attached hydrogens (tertiary/aromatic N) is 3. The molecule has 0 N–H and O–H groups in total. The summed E-state index contributed by atoms with van der Waals surface area (Å²) in [5, 5.41) is 0. The highest BCUT2D eigenvalue weighted by molar-refractivity contribution is 7.07. The van der Waals surface area contributed by atoms with Gasteiger partial charge in [0.25, 0.3) is 11.5 Å². The third-order valence-corrected chi connectivity index (χ3v) is 8.42. The molecule has 13 heteroatoms. The average Bonchev–Trinajstić information content (AvgIpc) is 3.36. The van der Waals surface area contributed by atoms with Crippen molar-refractivity contribution in [2.45, 2.75) is 19.9 Å². The second-order valence-corrected chi connectivity index (χ2v) is 11.1. The summed E-state index contributed by atoms with van der Waals surface area (Å²) in [6, 6.07) is 9.65. The van der Waals surface area contributed by atoms with Gasteiger partial charge in [0.05, 0.1) is 63.0 Å². The number of rotatable bonds is 10. The van der Waals surface area contributed by atoms with E-state index in [1.54, 1.807) is 61.2 Å². The highest BCUT2D eigenvalue weighted by Crippen LogP contribution is 2.36.